The summed E-state index contributed by atoms with van der Waals surface area (Å²) in [7, 11) is 0. The summed E-state index contributed by atoms with van der Waals surface area (Å²) in [4.78, 5) is 4.11. The van der Waals surface area contributed by atoms with Crippen LogP contribution in [0.5, 0.6) is 0 Å². The zero-order valence-electron chi connectivity index (χ0n) is 4.59. The first kappa shape index (κ1) is 6.23. The monoisotopic (exact) mass is 150 g/mol. The fourth-order valence-electron chi connectivity index (χ4n) is 0.569. The lowest BCUT2D eigenvalue weighted by Crippen LogP contribution is -2.12. The number of amidine groups is 1. The van der Waals surface area contributed by atoms with E-state index in [0.29, 0.717) is 0 Å². The highest BCUT2D eigenvalue weighted by atomic mass is 35.5. The number of hydrogen-bond acceptors (Lipinski definition) is 3. The highest BCUT2D eigenvalue weighted by molar-refractivity contribution is 8.13. The Labute approximate surface area is 58.0 Å². The molecule has 0 spiro atoms. The molecule has 0 atom stereocenters. The van der Waals surface area contributed by atoms with Crippen LogP contribution in [0.2, 0.25) is 0 Å². The first-order chi connectivity index (χ1) is 3.84. The summed E-state index contributed by atoms with van der Waals surface area (Å²) in [6.45, 7) is 1.71. The van der Waals surface area contributed by atoms with Crippen molar-refractivity contribution in [3.8, 4) is 0 Å². The molecule has 0 saturated heterocycles. The lowest BCUT2D eigenvalue weighted by atomic mass is 10.7. The molecular weight excluding hydrogens is 144 g/mol. The van der Waals surface area contributed by atoms with Gasteiger partial charge >= 0.3 is 0 Å². The molecular formula is C4H7ClN2S. The summed E-state index contributed by atoms with van der Waals surface area (Å²) in [5.74, 6) is 0. The summed E-state index contributed by atoms with van der Waals surface area (Å²) in [5.41, 5.74) is 0. The van der Waals surface area contributed by atoms with Gasteiger partial charge in [-0.3, -0.25) is 9.41 Å². The zero-order chi connectivity index (χ0) is 5.98. The summed E-state index contributed by atoms with van der Waals surface area (Å²) < 4.78 is 1.64. The molecule has 0 radical (unpaired) electrons. The predicted molar refractivity (Wildman–Crippen MR) is 38.4 cm³/mol. The van der Waals surface area contributed by atoms with Crippen LogP contribution in [0, 0.1) is 0 Å². The van der Waals surface area contributed by atoms with Gasteiger partial charge in [0.25, 0.3) is 0 Å². The Morgan fingerprint density at radius 1 is 1.88 bits per heavy atom. The number of rotatable bonds is 0. The number of aliphatic imine (C=N–C) groups is 1. The first-order valence-corrected chi connectivity index (χ1v) is 3.92. The summed E-state index contributed by atoms with van der Waals surface area (Å²) >= 11 is 7.24. The standard InChI is InChI=1S/C4H7ClN2S/c1-8-4-6-2-3-7(4)5/h2-3H2,1H3. The first-order valence-electron chi connectivity index (χ1n) is 2.36. The molecule has 1 aliphatic rings. The second-order valence-electron chi connectivity index (χ2n) is 1.45. The van der Waals surface area contributed by atoms with Crippen molar-refractivity contribution < 1.29 is 0 Å². The zero-order valence-corrected chi connectivity index (χ0v) is 6.17. The molecule has 8 heavy (non-hydrogen) atoms. The quantitative estimate of drug-likeness (QED) is 0.482. The maximum absolute atomic E-state index is 5.66. The molecule has 0 fully saturated rings. The van der Waals surface area contributed by atoms with Crippen LogP contribution >= 0.6 is 23.5 Å². The van der Waals surface area contributed by atoms with Gasteiger partial charge in [0.1, 0.15) is 0 Å². The third-order valence-corrected chi connectivity index (χ3v) is 2.08. The molecule has 0 unspecified atom stereocenters. The average Bonchev–Trinajstić information content (AvgIpc) is 2.14. The van der Waals surface area contributed by atoms with Crippen LogP contribution in [0.15, 0.2) is 4.99 Å². The minimum absolute atomic E-state index is 0.847. The highest BCUT2D eigenvalue weighted by Gasteiger charge is 2.11. The van der Waals surface area contributed by atoms with Crippen molar-refractivity contribution in [3.63, 3.8) is 0 Å². The average molecular weight is 151 g/mol. The maximum atomic E-state index is 5.66. The molecule has 0 N–H and O–H groups in total. The molecule has 0 aliphatic carbocycles. The minimum Gasteiger partial charge on any atom is -0.262 e. The van der Waals surface area contributed by atoms with Crippen LogP contribution in [0.1, 0.15) is 0 Å². The van der Waals surface area contributed by atoms with Crippen molar-refractivity contribution in [2.75, 3.05) is 19.3 Å². The van der Waals surface area contributed by atoms with Crippen LogP contribution < -0.4 is 0 Å². The lowest BCUT2D eigenvalue weighted by Gasteiger charge is -2.04. The fourth-order valence-corrected chi connectivity index (χ4v) is 1.42. The van der Waals surface area contributed by atoms with Gasteiger partial charge in [-0.1, -0.05) is 11.8 Å². The van der Waals surface area contributed by atoms with Crippen molar-refractivity contribution >= 4 is 28.7 Å². The molecule has 1 rings (SSSR count). The van der Waals surface area contributed by atoms with E-state index in [4.69, 9.17) is 11.8 Å². The lowest BCUT2D eigenvalue weighted by molar-refractivity contribution is 0.726. The Kier molecular flexibility index (Phi) is 2.02. The van der Waals surface area contributed by atoms with E-state index < -0.39 is 0 Å². The largest absolute Gasteiger partial charge is 0.262 e. The van der Waals surface area contributed by atoms with Crippen LogP contribution in [-0.2, 0) is 0 Å². The van der Waals surface area contributed by atoms with Crippen LogP contribution in [0.3, 0.4) is 0 Å². The number of hydrogen-bond donors (Lipinski definition) is 0. The summed E-state index contributed by atoms with van der Waals surface area (Å²) in [6.07, 6.45) is 1.97. The molecule has 4 heteroatoms. The Morgan fingerprint density at radius 3 is 2.88 bits per heavy atom. The highest BCUT2D eigenvalue weighted by Crippen LogP contribution is 2.12. The van der Waals surface area contributed by atoms with Gasteiger partial charge < -0.3 is 0 Å². The van der Waals surface area contributed by atoms with E-state index in [1.807, 2.05) is 6.26 Å². The van der Waals surface area contributed by atoms with Gasteiger partial charge in [0.15, 0.2) is 5.17 Å². The molecule has 46 valence electrons. The molecule has 0 saturated carbocycles. The summed E-state index contributed by atoms with van der Waals surface area (Å²) in [5, 5.41) is 0.937. The van der Waals surface area contributed by atoms with E-state index >= 15 is 0 Å². The van der Waals surface area contributed by atoms with Crippen LogP contribution in [-0.4, -0.2) is 28.9 Å². The minimum atomic E-state index is 0.847. The van der Waals surface area contributed by atoms with Crippen molar-refractivity contribution in [1.82, 2.24) is 4.42 Å². The molecule has 2 nitrogen and oxygen atoms in total. The van der Waals surface area contributed by atoms with Gasteiger partial charge in [-0.15, -0.1) is 0 Å². The Bertz CT molecular complexity index is 115. The van der Waals surface area contributed by atoms with E-state index in [-0.39, 0.29) is 0 Å². The van der Waals surface area contributed by atoms with Gasteiger partial charge in [0, 0.05) is 11.8 Å². The van der Waals surface area contributed by atoms with Gasteiger partial charge in [0.05, 0.1) is 13.1 Å². The smallest absolute Gasteiger partial charge is 0.173 e. The van der Waals surface area contributed by atoms with Crippen LogP contribution in [0.25, 0.3) is 0 Å². The number of halogens is 1. The maximum Gasteiger partial charge on any atom is 0.173 e. The molecule has 0 aromatic heterocycles. The van der Waals surface area contributed by atoms with Gasteiger partial charge in [-0.05, 0) is 6.26 Å². The normalized spacial score (nSPS) is 19.2. The predicted octanol–water partition coefficient (Wildman–Crippen LogP) is 1.17. The molecule has 1 heterocycles. The SMILES string of the molecule is CSC1=NCCN1Cl. The molecule has 0 amide bonds. The number of thioether (sulfide) groups is 1. The third kappa shape index (κ3) is 1.09. The second kappa shape index (κ2) is 2.60. The fraction of sp³-hybridized carbons (Fsp3) is 0.750. The van der Waals surface area contributed by atoms with E-state index in [9.17, 15) is 0 Å². The summed E-state index contributed by atoms with van der Waals surface area (Å²) in [6, 6.07) is 0. The molecule has 0 aromatic rings. The van der Waals surface area contributed by atoms with Crippen molar-refractivity contribution in [2.45, 2.75) is 0 Å². The molecule has 1 aliphatic heterocycles. The Hall–Kier alpha value is 0.110. The Balaban J connectivity index is 2.49. The third-order valence-electron chi connectivity index (χ3n) is 0.934. The Morgan fingerprint density at radius 2 is 2.62 bits per heavy atom. The van der Waals surface area contributed by atoms with E-state index in [1.54, 1.807) is 16.2 Å². The molecule has 0 bridgehead atoms. The topological polar surface area (TPSA) is 15.6 Å². The van der Waals surface area contributed by atoms with Gasteiger partial charge in [-0.25, -0.2) is 0 Å². The van der Waals surface area contributed by atoms with Crippen LogP contribution in [0.4, 0.5) is 0 Å². The van der Waals surface area contributed by atoms with Crippen molar-refractivity contribution in [3.05, 3.63) is 0 Å². The van der Waals surface area contributed by atoms with E-state index in [2.05, 4.69) is 4.99 Å². The van der Waals surface area contributed by atoms with E-state index in [0.717, 1.165) is 18.3 Å². The van der Waals surface area contributed by atoms with E-state index in [1.165, 1.54) is 0 Å². The van der Waals surface area contributed by atoms with Crippen molar-refractivity contribution in [1.29, 1.82) is 0 Å². The second-order valence-corrected chi connectivity index (χ2v) is 2.64. The van der Waals surface area contributed by atoms with Crippen molar-refractivity contribution in [2.24, 2.45) is 4.99 Å². The molecule has 0 aromatic carbocycles. The van der Waals surface area contributed by atoms with Gasteiger partial charge in [-0.2, -0.15) is 0 Å². The van der Waals surface area contributed by atoms with Gasteiger partial charge in [0.2, 0.25) is 0 Å². The number of nitrogens with zero attached hydrogens (tertiary/aromatic N) is 2.